The summed E-state index contributed by atoms with van der Waals surface area (Å²) in [5.74, 6) is 1.73. The molecule has 5 heteroatoms. The lowest BCUT2D eigenvalue weighted by Gasteiger charge is -2.07. The molecule has 1 N–H and O–H groups in total. The molecule has 0 bridgehead atoms. The molecule has 5 nitrogen and oxygen atoms in total. The lowest BCUT2D eigenvalue weighted by molar-refractivity contribution is 0.359. The minimum absolute atomic E-state index is 0.280. The first-order valence-corrected chi connectivity index (χ1v) is 6.92. The highest BCUT2D eigenvalue weighted by Crippen LogP contribution is 2.19. The number of hydrogen-bond donors (Lipinski definition) is 1. The monoisotopic (exact) mass is 260 g/mol. The Balaban J connectivity index is 1.65. The molecule has 0 aliphatic heterocycles. The van der Waals surface area contributed by atoms with Crippen LogP contribution in [0.25, 0.3) is 0 Å². The van der Waals surface area contributed by atoms with Crippen molar-refractivity contribution in [3.05, 3.63) is 35.7 Å². The van der Waals surface area contributed by atoms with E-state index in [0.717, 1.165) is 18.4 Å². The second kappa shape index (κ2) is 5.17. The number of hydrogen-bond acceptors (Lipinski definition) is 4. The molecule has 2 aromatic heterocycles. The van der Waals surface area contributed by atoms with Crippen molar-refractivity contribution < 1.29 is 4.52 Å². The van der Waals surface area contributed by atoms with Crippen LogP contribution in [-0.2, 0) is 13.1 Å². The van der Waals surface area contributed by atoms with Crippen LogP contribution in [0.5, 0.6) is 0 Å². The molecular formula is C14H20N4O. The fourth-order valence-electron chi connectivity index (χ4n) is 2.02. The normalized spacial score (nSPS) is 15.3. The molecule has 0 saturated heterocycles. The molecule has 0 atom stereocenters. The molecule has 0 aromatic carbocycles. The maximum Gasteiger partial charge on any atom is 0.229 e. The highest BCUT2D eigenvalue weighted by Gasteiger charge is 2.20. The van der Waals surface area contributed by atoms with Crippen molar-refractivity contribution in [1.29, 1.82) is 0 Å². The van der Waals surface area contributed by atoms with Crippen LogP contribution in [0, 0.1) is 0 Å². The van der Waals surface area contributed by atoms with E-state index in [1.807, 2.05) is 0 Å². The molecule has 1 aliphatic rings. The highest BCUT2D eigenvalue weighted by atomic mass is 16.5. The summed E-state index contributed by atoms with van der Waals surface area (Å²) < 4.78 is 7.40. The van der Waals surface area contributed by atoms with Gasteiger partial charge < -0.3 is 14.4 Å². The van der Waals surface area contributed by atoms with Crippen molar-refractivity contribution >= 4 is 0 Å². The third kappa shape index (κ3) is 3.04. The summed E-state index contributed by atoms with van der Waals surface area (Å²) in [5.41, 5.74) is 1.27. The van der Waals surface area contributed by atoms with Gasteiger partial charge in [0.2, 0.25) is 5.89 Å². The van der Waals surface area contributed by atoms with E-state index in [1.165, 1.54) is 18.5 Å². The first-order valence-electron chi connectivity index (χ1n) is 6.92. The third-order valence-corrected chi connectivity index (χ3v) is 3.36. The van der Waals surface area contributed by atoms with Gasteiger partial charge in [-0.15, -0.1) is 0 Å². The summed E-state index contributed by atoms with van der Waals surface area (Å²) in [5, 5.41) is 7.56. The Morgan fingerprint density at radius 2 is 2.32 bits per heavy atom. The van der Waals surface area contributed by atoms with E-state index in [4.69, 9.17) is 4.52 Å². The molecule has 1 fully saturated rings. The summed E-state index contributed by atoms with van der Waals surface area (Å²) in [6, 6.07) is 4.92. The summed E-state index contributed by atoms with van der Waals surface area (Å²) in [4.78, 5) is 4.41. The number of nitrogens with zero attached hydrogens (tertiary/aromatic N) is 3. The average molecular weight is 260 g/mol. The van der Waals surface area contributed by atoms with Crippen LogP contribution < -0.4 is 5.32 Å². The maximum absolute atomic E-state index is 5.23. The van der Waals surface area contributed by atoms with Crippen LogP contribution in [0.15, 0.2) is 22.9 Å². The second-order valence-corrected chi connectivity index (χ2v) is 5.49. The van der Waals surface area contributed by atoms with Crippen molar-refractivity contribution in [2.45, 2.75) is 51.7 Å². The topological polar surface area (TPSA) is 55.9 Å². The Morgan fingerprint density at radius 1 is 1.47 bits per heavy atom. The predicted molar refractivity (Wildman–Crippen MR) is 71.8 cm³/mol. The zero-order valence-electron chi connectivity index (χ0n) is 11.5. The summed E-state index contributed by atoms with van der Waals surface area (Å²) in [6.45, 7) is 5.69. The van der Waals surface area contributed by atoms with Crippen molar-refractivity contribution in [1.82, 2.24) is 20.0 Å². The molecule has 0 spiro atoms. The summed E-state index contributed by atoms with van der Waals surface area (Å²) in [7, 11) is 0. The van der Waals surface area contributed by atoms with Gasteiger partial charge in [0.1, 0.15) is 0 Å². The van der Waals surface area contributed by atoms with Gasteiger partial charge in [-0.05, 0) is 25.0 Å². The minimum Gasteiger partial charge on any atom is -0.342 e. The van der Waals surface area contributed by atoms with Gasteiger partial charge in [0.15, 0.2) is 5.82 Å². The Hall–Kier alpha value is -1.62. The summed E-state index contributed by atoms with van der Waals surface area (Å²) >= 11 is 0. The number of aromatic nitrogens is 3. The molecule has 0 amide bonds. The van der Waals surface area contributed by atoms with Crippen LogP contribution in [0.4, 0.5) is 0 Å². The van der Waals surface area contributed by atoms with E-state index in [0.29, 0.717) is 12.4 Å². The van der Waals surface area contributed by atoms with Gasteiger partial charge in [-0.1, -0.05) is 19.0 Å². The van der Waals surface area contributed by atoms with Crippen molar-refractivity contribution in [2.24, 2.45) is 0 Å². The maximum atomic E-state index is 5.23. The molecule has 2 aromatic rings. The van der Waals surface area contributed by atoms with Crippen LogP contribution in [-0.4, -0.2) is 20.7 Å². The van der Waals surface area contributed by atoms with Gasteiger partial charge >= 0.3 is 0 Å². The molecule has 1 aliphatic carbocycles. The van der Waals surface area contributed by atoms with E-state index in [2.05, 4.69) is 52.2 Å². The number of rotatable bonds is 6. The molecule has 0 radical (unpaired) electrons. The summed E-state index contributed by atoms with van der Waals surface area (Å²) in [6.07, 6.45) is 4.68. The van der Waals surface area contributed by atoms with Gasteiger partial charge in [-0.2, -0.15) is 4.98 Å². The zero-order valence-corrected chi connectivity index (χ0v) is 11.5. The second-order valence-electron chi connectivity index (χ2n) is 5.49. The van der Waals surface area contributed by atoms with E-state index in [9.17, 15) is 0 Å². The van der Waals surface area contributed by atoms with Crippen molar-refractivity contribution in [3.63, 3.8) is 0 Å². The van der Waals surface area contributed by atoms with Crippen LogP contribution in [0.3, 0.4) is 0 Å². The van der Waals surface area contributed by atoms with Crippen molar-refractivity contribution in [2.75, 3.05) is 0 Å². The van der Waals surface area contributed by atoms with Crippen molar-refractivity contribution in [3.8, 4) is 0 Å². The SMILES string of the molecule is CC(C)c1nc(Cn2cccc2CNC2CC2)no1. The smallest absolute Gasteiger partial charge is 0.229 e. The van der Waals surface area contributed by atoms with Gasteiger partial charge in [0.05, 0.1) is 6.54 Å². The lowest BCUT2D eigenvalue weighted by atomic mass is 10.2. The minimum atomic E-state index is 0.280. The van der Waals surface area contributed by atoms with Crippen LogP contribution >= 0.6 is 0 Å². The molecule has 3 rings (SSSR count). The average Bonchev–Trinajstić information content (AvgIpc) is 2.92. The Bertz CT molecular complexity index is 539. The number of nitrogens with one attached hydrogen (secondary N) is 1. The van der Waals surface area contributed by atoms with Gasteiger partial charge in [0.25, 0.3) is 0 Å². The molecule has 102 valence electrons. The van der Waals surface area contributed by atoms with Crippen LogP contribution in [0.1, 0.15) is 50.0 Å². The first kappa shape index (κ1) is 12.4. The quantitative estimate of drug-likeness (QED) is 0.866. The Morgan fingerprint density at radius 3 is 3.00 bits per heavy atom. The Labute approximate surface area is 113 Å². The molecule has 19 heavy (non-hydrogen) atoms. The third-order valence-electron chi connectivity index (χ3n) is 3.36. The molecule has 0 unspecified atom stereocenters. The Kier molecular flexibility index (Phi) is 3.38. The fourth-order valence-corrected chi connectivity index (χ4v) is 2.02. The van der Waals surface area contributed by atoms with E-state index in [-0.39, 0.29) is 5.92 Å². The first-order chi connectivity index (χ1) is 9.22. The molecular weight excluding hydrogens is 240 g/mol. The highest BCUT2D eigenvalue weighted by molar-refractivity contribution is 5.09. The van der Waals surface area contributed by atoms with Gasteiger partial charge in [-0.3, -0.25) is 0 Å². The lowest BCUT2D eigenvalue weighted by Crippen LogP contribution is -2.18. The van der Waals surface area contributed by atoms with E-state index in [1.54, 1.807) is 0 Å². The standard InChI is InChI=1S/C14H20N4O/c1-10(2)14-16-13(17-19-14)9-18-7-3-4-12(18)8-15-11-5-6-11/h3-4,7,10-11,15H,5-6,8-9H2,1-2H3. The van der Waals surface area contributed by atoms with Gasteiger partial charge in [-0.25, -0.2) is 0 Å². The zero-order chi connectivity index (χ0) is 13.2. The van der Waals surface area contributed by atoms with Gasteiger partial charge in [0, 0.05) is 30.4 Å². The largest absolute Gasteiger partial charge is 0.342 e. The van der Waals surface area contributed by atoms with E-state index >= 15 is 0 Å². The molecule has 1 saturated carbocycles. The van der Waals surface area contributed by atoms with Crippen LogP contribution in [0.2, 0.25) is 0 Å². The predicted octanol–water partition coefficient (Wildman–Crippen LogP) is 2.29. The molecule has 2 heterocycles. The fraction of sp³-hybridized carbons (Fsp3) is 0.571. The van der Waals surface area contributed by atoms with E-state index < -0.39 is 0 Å².